The predicted octanol–water partition coefficient (Wildman–Crippen LogP) is 3.42. The number of ether oxygens (including phenoxy) is 1. The summed E-state index contributed by atoms with van der Waals surface area (Å²) in [6.07, 6.45) is 0.0348. The van der Waals surface area contributed by atoms with E-state index in [9.17, 15) is 9.59 Å². The zero-order valence-electron chi connectivity index (χ0n) is 11.9. The molecule has 4 nitrogen and oxygen atoms in total. The van der Waals surface area contributed by atoms with E-state index in [0.29, 0.717) is 18.7 Å². The van der Waals surface area contributed by atoms with Crippen molar-refractivity contribution in [1.29, 1.82) is 0 Å². The van der Waals surface area contributed by atoms with E-state index in [1.807, 2.05) is 60.7 Å². The third-order valence-electron chi connectivity index (χ3n) is 2.99. The number of esters is 1. The van der Waals surface area contributed by atoms with Crippen LogP contribution in [0.2, 0.25) is 0 Å². The quantitative estimate of drug-likeness (QED) is 0.638. The first kappa shape index (κ1) is 14.8. The van der Waals surface area contributed by atoms with Gasteiger partial charge in [0, 0.05) is 19.2 Å². The Morgan fingerprint density at radius 1 is 0.952 bits per heavy atom. The number of hydrogen-bond donors (Lipinski definition) is 0. The van der Waals surface area contributed by atoms with Crippen molar-refractivity contribution in [2.45, 2.75) is 13.3 Å². The SMILES string of the molecule is CC(=O)OC(=O)N(CCc1ccccc1)c1ccccc1. The van der Waals surface area contributed by atoms with Gasteiger partial charge in [-0.05, 0) is 24.1 Å². The van der Waals surface area contributed by atoms with Gasteiger partial charge in [-0.25, -0.2) is 4.79 Å². The molecule has 0 saturated heterocycles. The summed E-state index contributed by atoms with van der Waals surface area (Å²) in [6.45, 7) is 1.67. The van der Waals surface area contributed by atoms with Crippen molar-refractivity contribution in [3.63, 3.8) is 0 Å². The minimum atomic E-state index is -0.648. The maximum absolute atomic E-state index is 12.1. The number of carbonyl (C=O) groups is 2. The highest BCUT2D eigenvalue weighted by atomic mass is 16.6. The molecular formula is C17H17NO3. The Hall–Kier alpha value is -2.62. The van der Waals surface area contributed by atoms with Gasteiger partial charge in [-0.3, -0.25) is 9.69 Å². The van der Waals surface area contributed by atoms with Gasteiger partial charge in [0.25, 0.3) is 0 Å². The molecule has 2 aromatic rings. The molecule has 1 amide bonds. The molecule has 0 aliphatic carbocycles. The molecule has 4 heteroatoms. The number of amides is 1. The highest BCUT2D eigenvalue weighted by Crippen LogP contribution is 2.15. The van der Waals surface area contributed by atoms with E-state index >= 15 is 0 Å². The van der Waals surface area contributed by atoms with Gasteiger partial charge in [0.05, 0.1) is 0 Å². The number of anilines is 1. The van der Waals surface area contributed by atoms with E-state index < -0.39 is 12.1 Å². The number of benzene rings is 2. The van der Waals surface area contributed by atoms with E-state index in [1.54, 1.807) is 0 Å². The largest absolute Gasteiger partial charge is 0.422 e. The van der Waals surface area contributed by atoms with Gasteiger partial charge in [0.2, 0.25) is 0 Å². The van der Waals surface area contributed by atoms with Gasteiger partial charge in [0.15, 0.2) is 0 Å². The number of rotatable bonds is 4. The van der Waals surface area contributed by atoms with Crippen LogP contribution in [0.4, 0.5) is 10.5 Å². The topological polar surface area (TPSA) is 46.6 Å². The van der Waals surface area contributed by atoms with Crippen LogP contribution in [-0.2, 0) is 16.0 Å². The second-order valence-electron chi connectivity index (χ2n) is 4.58. The summed E-state index contributed by atoms with van der Waals surface area (Å²) in [5.41, 5.74) is 1.83. The van der Waals surface area contributed by atoms with Crippen LogP contribution >= 0.6 is 0 Å². The van der Waals surface area contributed by atoms with Crippen molar-refractivity contribution in [1.82, 2.24) is 0 Å². The molecule has 0 aromatic heterocycles. The maximum atomic E-state index is 12.1. The van der Waals surface area contributed by atoms with Gasteiger partial charge < -0.3 is 4.74 Å². The van der Waals surface area contributed by atoms with E-state index in [2.05, 4.69) is 0 Å². The minimum Gasteiger partial charge on any atom is -0.376 e. The molecule has 2 aromatic carbocycles. The van der Waals surface area contributed by atoms with Gasteiger partial charge in [-0.15, -0.1) is 0 Å². The third kappa shape index (κ3) is 4.45. The first-order valence-electron chi connectivity index (χ1n) is 6.75. The number of carbonyl (C=O) groups excluding carboxylic acids is 2. The molecule has 0 radical (unpaired) electrons. The van der Waals surface area contributed by atoms with E-state index in [-0.39, 0.29) is 0 Å². The molecule has 108 valence electrons. The average molecular weight is 283 g/mol. The average Bonchev–Trinajstić information content (AvgIpc) is 2.49. The lowest BCUT2D eigenvalue weighted by Crippen LogP contribution is -2.34. The smallest absolute Gasteiger partial charge is 0.376 e. The zero-order valence-corrected chi connectivity index (χ0v) is 11.9. The van der Waals surface area contributed by atoms with Crippen LogP contribution in [0.1, 0.15) is 12.5 Å². The second-order valence-corrected chi connectivity index (χ2v) is 4.58. The van der Waals surface area contributed by atoms with Crippen molar-refractivity contribution in [2.24, 2.45) is 0 Å². The lowest BCUT2D eigenvalue weighted by atomic mass is 10.1. The van der Waals surface area contributed by atoms with Crippen LogP contribution in [0.5, 0.6) is 0 Å². The van der Waals surface area contributed by atoms with Crippen LogP contribution in [0.3, 0.4) is 0 Å². The normalized spacial score (nSPS) is 9.95. The van der Waals surface area contributed by atoms with E-state index in [0.717, 1.165) is 5.56 Å². The third-order valence-corrected chi connectivity index (χ3v) is 2.99. The van der Waals surface area contributed by atoms with Crippen LogP contribution < -0.4 is 4.90 Å². The zero-order chi connectivity index (χ0) is 15.1. The van der Waals surface area contributed by atoms with Crippen LogP contribution in [0, 0.1) is 0 Å². The molecule has 0 unspecified atom stereocenters. The standard InChI is InChI=1S/C17H17NO3/c1-14(19)21-17(20)18(16-10-6-3-7-11-16)13-12-15-8-4-2-5-9-15/h2-11H,12-13H2,1H3. The predicted molar refractivity (Wildman–Crippen MR) is 81.1 cm³/mol. The fourth-order valence-electron chi connectivity index (χ4n) is 2.00. The monoisotopic (exact) mass is 283 g/mol. The van der Waals surface area contributed by atoms with E-state index in [1.165, 1.54) is 11.8 Å². The molecule has 0 bridgehead atoms. The molecule has 0 saturated carbocycles. The van der Waals surface area contributed by atoms with Gasteiger partial charge >= 0.3 is 12.1 Å². The first-order valence-corrected chi connectivity index (χ1v) is 6.75. The number of nitrogens with zero attached hydrogens (tertiary/aromatic N) is 1. The van der Waals surface area contributed by atoms with Crippen LogP contribution in [0.25, 0.3) is 0 Å². The summed E-state index contributed by atoms with van der Waals surface area (Å²) < 4.78 is 4.70. The minimum absolute atomic E-state index is 0.445. The number of para-hydroxylation sites is 1. The first-order chi connectivity index (χ1) is 10.2. The highest BCUT2D eigenvalue weighted by molar-refractivity contribution is 5.94. The Labute approximate surface area is 124 Å². The molecule has 0 aliphatic heterocycles. The van der Waals surface area contributed by atoms with Crippen LogP contribution in [0.15, 0.2) is 60.7 Å². The lowest BCUT2D eigenvalue weighted by Gasteiger charge is -2.21. The maximum Gasteiger partial charge on any atom is 0.422 e. The molecule has 0 fully saturated rings. The molecule has 0 aliphatic rings. The van der Waals surface area contributed by atoms with Gasteiger partial charge in [0.1, 0.15) is 0 Å². The molecular weight excluding hydrogens is 266 g/mol. The van der Waals surface area contributed by atoms with Gasteiger partial charge in [-0.1, -0.05) is 48.5 Å². The lowest BCUT2D eigenvalue weighted by molar-refractivity contribution is -0.134. The highest BCUT2D eigenvalue weighted by Gasteiger charge is 2.18. The fraction of sp³-hybridized carbons (Fsp3) is 0.176. The summed E-state index contributed by atoms with van der Waals surface area (Å²) in [6, 6.07) is 19.0. The van der Waals surface area contributed by atoms with Crippen molar-refractivity contribution >= 4 is 17.7 Å². The van der Waals surface area contributed by atoms with Crippen molar-refractivity contribution in [3.8, 4) is 0 Å². The molecule has 0 heterocycles. The van der Waals surface area contributed by atoms with Crippen LogP contribution in [-0.4, -0.2) is 18.6 Å². The summed E-state index contributed by atoms with van der Waals surface area (Å²) in [4.78, 5) is 24.5. The van der Waals surface area contributed by atoms with Gasteiger partial charge in [-0.2, -0.15) is 0 Å². The molecule has 0 atom stereocenters. The Bertz CT molecular complexity index is 596. The Kier molecular flexibility index (Phi) is 5.10. The molecule has 0 N–H and O–H groups in total. The Morgan fingerprint density at radius 2 is 1.52 bits per heavy atom. The summed E-state index contributed by atoms with van der Waals surface area (Å²) in [5, 5.41) is 0. The molecule has 21 heavy (non-hydrogen) atoms. The second kappa shape index (κ2) is 7.24. The summed E-state index contributed by atoms with van der Waals surface area (Å²) in [5.74, 6) is -0.611. The van der Waals surface area contributed by atoms with Crippen molar-refractivity contribution < 1.29 is 14.3 Å². The van der Waals surface area contributed by atoms with Crippen molar-refractivity contribution in [2.75, 3.05) is 11.4 Å². The molecule has 0 spiro atoms. The fourth-order valence-corrected chi connectivity index (χ4v) is 2.00. The van der Waals surface area contributed by atoms with E-state index in [4.69, 9.17) is 4.74 Å². The summed E-state index contributed by atoms with van der Waals surface area (Å²) >= 11 is 0. The Balaban J connectivity index is 2.12. The molecule has 2 rings (SSSR count). The summed E-state index contributed by atoms with van der Waals surface area (Å²) in [7, 11) is 0. The van der Waals surface area contributed by atoms with Crippen molar-refractivity contribution in [3.05, 3.63) is 66.2 Å². The number of hydrogen-bond acceptors (Lipinski definition) is 3. The Morgan fingerprint density at radius 3 is 2.10 bits per heavy atom.